The van der Waals surface area contributed by atoms with Gasteiger partial charge >= 0.3 is 0 Å². The van der Waals surface area contributed by atoms with Gasteiger partial charge in [0.1, 0.15) is 10.3 Å². The first-order valence-corrected chi connectivity index (χ1v) is 10.4. The summed E-state index contributed by atoms with van der Waals surface area (Å²) < 4.78 is 0. The highest BCUT2D eigenvalue weighted by molar-refractivity contribution is 7.21. The Bertz CT molecular complexity index is 912. The summed E-state index contributed by atoms with van der Waals surface area (Å²) in [5.74, 6) is 0.229. The normalized spacial score (nSPS) is 15.0. The zero-order valence-electron chi connectivity index (χ0n) is 16.3. The highest BCUT2D eigenvalue weighted by atomic mass is 32.1. The number of hydrogen-bond acceptors (Lipinski definition) is 6. The van der Waals surface area contributed by atoms with Crippen LogP contribution in [-0.2, 0) is 11.3 Å². The third kappa shape index (κ3) is 4.09. The molecule has 2 aromatic heterocycles. The average molecular weight is 396 g/mol. The average Bonchev–Trinajstić information content (AvgIpc) is 3.16. The number of hydrogen-bond donors (Lipinski definition) is 1. The number of amides is 1. The van der Waals surface area contributed by atoms with Gasteiger partial charge in [-0.05, 0) is 42.7 Å². The Hall–Kier alpha value is -2.67. The SMILES string of the molecule is CN(C)c1ccc(CNC(=O)C2CCN(c3nc4cccnc4s3)CC2)cc1. The van der Waals surface area contributed by atoms with Crippen LogP contribution in [0.5, 0.6) is 0 Å². The number of aromatic nitrogens is 2. The monoisotopic (exact) mass is 395 g/mol. The van der Waals surface area contributed by atoms with E-state index in [2.05, 4.69) is 49.4 Å². The van der Waals surface area contributed by atoms with Crippen molar-refractivity contribution in [3.8, 4) is 0 Å². The summed E-state index contributed by atoms with van der Waals surface area (Å²) in [7, 11) is 4.04. The van der Waals surface area contributed by atoms with Crippen LogP contribution in [0.3, 0.4) is 0 Å². The lowest BCUT2D eigenvalue weighted by Crippen LogP contribution is -2.40. The lowest BCUT2D eigenvalue weighted by Gasteiger charge is -2.31. The predicted molar refractivity (Wildman–Crippen MR) is 115 cm³/mol. The minimum Gasteiger partial charge on any atom is -0.378 e. The van der Waals surface area contributed by atoms with Gasteiger partial charge in [0.15, 0.2) is 5.13 Å². The van der Waals surface area contributed by atoms with E-state index in [-0.39, 0.29) is 11.8 Å². The van der Waals surface area contributed by atoms with E-state index in [4.69, 9.17) is 0 Å². The standard InChI is InChI=1S/C21H25N5OS/c1-25(2)17-7-5-15(6-8-17)14-23-19(27)16-9-12-26(13-10-16)21-24-18-4-3-11-22-20(18)28-21/h3-8,11,16H,9-10,12-14H2,1-2H3,(H,23,27). The summed E-state index contributed by atoms with van der Waals surface area (Å²) >= 11 is 1.62. The van der Waals surface area contributed by atoms with Crippen LogP contribution in [-0.4, -0.2) is 43.1 Å². The summed E-state index contributed by atoms with van der Waals surface area (Å²) in [5, 5.41) is 4.11. The number of piperidine rings is 1. The van der Waals surface area contributed by atoms with E-state index in [0.29, 0.717) is 6.54 Å². The van der Waals surface area contributed by atoms with Gasteiger partial charge in [0.05, 0.1) is 0 Å². The molecule has 1 N–H and O–H groups in total. The minimum atomic E-state index is 0.0739. The molecule has 1 amide bonds. The third-order valence-electron chi connectivity index (χ3n) is 5.21. The number of pyridine rings is 1. The van der Waals surface area contributed by atoms with Crippen molar-refractivity contribution in [1.82, 2.24) is 15.3 Å². The number of nitrogens with zero attached hydrogens (tertiary/aromatic N) is 4. The van der Waals surface area contributed by atoms with Crippen LogP contribution in [0.2, 0.25) is 0 Å². The fourth-order valence-corrected chi connectivity index (χ4v) is 4.43. The minimum absolute atomic E-state index is 0.0739. The largest absolute Gasteiger partial charge is 0.378 e. The molecule has 3 heterocycles. The summed E-state index contributed by atoms with van der Waals surface area (Å²) in [4.78, 5) is 26.9. The Balaban J connectivity index is 1.28. The van der Waals surface area contributed by atoms with Crippen molar-refractivity contribution in [3.05, 3.63) is 48.2 Å². The second-order valence-electron chi connectivity index (χ2n) is 7.36. The molecule has 4 rings (SSSR count). The Kier molecular flexibility index (Phi) is 5.43. The van der Waals surface area contributed by atoms with E-state index in [1.807, 2.05) is 26.2 Å². The van der Waals surface area contributed by atoms with Crippen LogP contribution in [0.4, 0.5) is 10.8 Å². The first-order valence-electron chi connectivity index (χ1n) is 9.60. The van der Waals surface area contributed by atoms with Crippen molar-refractivity contribution >= 4 is 38.4 Å². The van der Waals surface area contributed by atoms with Crippen molar-refractivity contribution < 1.29 is 4.79 Å². The molecule has 1 aliphatic rings. The van der Waals surface area contributed by atoms with Crippen molar-refractivity contribution in [2.45, 2.75) is 19.4 Å². The maximum Gasteiger partial charge on any atom is 0.223 e. The number of thiazole rings is 1. The lowest BCUT2D eigenvalue weighted by atomic mass is 9.96. The van der Waals surface area contributed by atoms with E-state index < -0.39 is 0 Å². The van der Waals surface area contributed by atoms with E-state index in [1.165, 1.54) is 0 Å². The molecular weight excluding hydrogens is 370 g/mol. The summed E-state index contributed by atoms with van der Waals surface area (Å²) in [6, 6.07) is 12.2. The maximum atomic E-state index is 12.6. The molecule has 0 spiro atoms. The van der Waals surface area contributed by atoms with Gasteiger partial charge in [-0.2, -0.15) is 0 Å². The molecule has 1 aromatic carbocycles. The Labute approximate surface area is 169 Å². The van der Waals surface area contributed by atoms with Crippen LogP contribution in [0, 0.1) is 5.92 Å². The number of rotatable bonds is 5. The Morgan fingerprint density at radius 1 is 1.21 bits per heavy atom. The molecule has 0 bridgehead atoms. The van der Waals surface area contributed by atoms with Crippen molar-refractivity contribution in [3.63, 3.8) is 0 Å². The molecule has 0 unspecified atom stereocenters. The van der Waals surface area contributed by atoms with E-state index in [9.17, 15) is 4.79 Å². The molecule has 146 valence electrons. The zero-order valence-corrected chi connectivity index (χ0v) is 17.1. The molecule has 6 nitrogen and oxygen atoms in total. The van der Waals surface area contributed by atoms with Crippen LogP contribution in [0.25, 0.3) is 10.3 Å². The topological polar surface area (TPSA) is 61.4 Å². The van der Waals surface area contributed by atoms with Gasteiger partial charge in [-0.25, -0.2) is 9.97 Å². The molecule has 0 aliphatic carbocycles. The molecule has 0 atom stereocenters. The predicted octanol–water partition coefficient (Wildman–Crippen LogP) is 3.29. The molecule has 0 saturated carbocycles. The first kappa shape index (κ1) is 18.7. The second-order valence-corrected chi connectivity index (χ2v) is 8.32. The number of nitrogens with one attached hydrogen (secondary N) is 1. The number of carbonyl (C=O) groups excluding carboxylic acids is 1. The Morgan fingerprint density at radius 3 is 2.64 bits per heavy atom. The smallest absolute Gasteiger partial charge is 0.223 e. The Morgan fingerprint density at radius 2 is 1.96 bits per heavy atom. The fraction of sp³-hybridized carbons (Fsp3) is 0.381. The van der Waals surface area contributed by atoms with E-state index in [1.54, 1.807) is 17.5 Å². The van der Waals surface area contributed by atoms with Gasteiger partial charge in [0, 0.05) is 51.5 Å². The molecule has 28 heavy (non-hydrogen) atoms. The van der Waals surface area contributed by atoms with Crippen LogP contribution < -0.4 is 15.1 Å². The second kappa shape index (κ2) is 8.14. The fourth-order valence-electron chi connectivity index (χ4n) is 3.47. The molecule has 1 fully saturated rings. The summed E-state index contributed by atoms with van der Waals surface area (Å²) in [5.41, 5.74) is 3.23. The highest BCUT2D eigenvalue weighted by Crippen LogP contribution is 2.30. The van der Waals surface area contributed by atoms with Crippen LogP contribution in [0.15, 0.2) is 42.6 Å². The molecule has 7 heteroatoms. The van der Waals surface area contributed by atoms with Crippen molar-refractivity contribution in [1.29, 1.82) is 0 Å². The molecule has 1 aliphatic heterocycles. The number of benzene rings is 1. The molecule has 1 saturated heterocycles. The lowest BCUT2D eigenvalue weighted by molar-refractivity contribution is -0.125. The maximum absolute atomic E-state index is 12.6. The molecule has 3 aromatic rings. The highest BCUT2D eigenvalue weighted by Gasteiger charge is 2.26. The summed E-state index contributed by atoms with van der Waals surface area (Å²) in [6.45, 7) is 2.29. The van der Waals surface area contributed by atoms with Gasteiger partial charge in [-0.1, -0.05) is 23.5 Å². The van der Waals surface area contributed by atoms with Crippen LogP contribution in [0.1, 0.15) is 18.4 Å². The van der Waals surface area contributed by atoms with Gasteiger partial charge in [0.25, 0.3) is 0 Å². The zero-order chi connectivity index (χ0) is 19.5. The van der Waals surface area contributed by atoms with Gasteiger partial charge in [-0.15, -0.1) is 0 Å². The van der Waals surface area contributed by atoms with Gasteiger partial charge in [0.2, 0.25) is 5.91 Å². The van der Waals surface area contributed by atoms with Gasteiger partial charge < -0.3 is 15.1 Å². The number of carbonyl (C=O) groups is 1. The third-order valence-corrected chi connectivity index (χ3v) is 6.25. The van der Waals surface area contributed by atoms with Gasteiger partial charge in [-0.3, -0.25) is 4.79 Å². The first-order chi connectivity index (χ1) is 13.6. The molecule has 0 radical (unpaired) electrons. The number of anilines is 2. The summed E-state index contributed by atoms with van der Waals surface area (Å²) in [6.07, 6.45) is 3.51. The molecular formula is C21H25N5OS. The van der Waals surface area contributed by atoms with Crippen molar-refractivity contribution in [2.24, 2.45) is 5.92 Å². The van der Waals surface area contributed by atoms with Crippen molar-refractivity contribution in [2.75, 3.05) is 37.0 Å². The number of fused-ring (bicyclic) bond motifs is 1. The van der Waals surface area contributed by atoms with Crippen LogP contribution >= 0.6 is 11.3 Å². The van der Waals surface area contributed by atoms with E-state index >= 15 is 0 Å². The quantitative estimate of drug-likeness (QED) is 0.718. The van der Waals surface area contributed by atoms with E-state index in [0.717, 1.165) is 52.7 Å².